The van der Waals surface area contributed by atoms with E-state index >= 15 is 0 Å². The summed E-state index contributed by atoms with van der Waals surface area (Å²) in [5.74, 6) is 1.35. The molecule has 0 bridgehead atoms. The zero-order valence-electron chi connectivity index (χ0n) is 12.0. The average Bonchev–Trinajstić information content (AvgIpc) is 3.21. The summed E-state index contributed by atoms with van der Waals surface area (Å²) < 4.78 is 5.24. The molecule has 0 saturated carbocycles. The van der Waals surface area contributed by atoms with Gasteiger partial charge in [0.2, 0.25) is 5.95 Å². The number of nitrogens with zero attached hydrogens (tertiary/aromatic N) is 2. The molecule has 3 aromatic heterocycles. The molecule has 3 N–H and O–H groups in total. The lowest BCUT2D eigenvalue weighted by Crippen LogP contribution is -2.02. The fraction of sp³-hybridized carbons (Fsp3) is 0.0625. The number of fused-ring (bicyclic) bond motifs is 1. The van der Waals surface area contributed by atoms with Gasteiger partial charge in [0.05, 0.1) is 23.8 Å². The Morgan fingerprint density at radius 1 is 1.04 bits per heavy atom. The van der Waals surface area contributed by atoms with Gasteiger partial charge in [0, 0.05) is 18.0 Å². The third-order valence-corrected chi connectivity index (χ3v) is 3.50. The number of furan rings is 1. The van der Waals surface area contributed by atoms with Gasteiger partial charge in [-0.3, -0.25) is 0 Å². The number of H-pyrrole nitrogens is 2. The maximum atomic E-state index is 11.3. The van der Waals surface area contributed by atoms with Crippen molar-refractivity contribution in [3.05, 3.63) is 65.2 Å². The maximum Gasteiger partial charge on any atom is 0.323 e. The number of nitrogens with one attached hydrogen (secondary N) is 3. The molecule has 3 heterocycles. The highest BCUT2D eigenvalue weighted by atomic mass is 16.3. The zero-order valence-corrected chi connectivity index (χ0v) is 12.0. The van der Waals surface area contributed by atoms with Crippen LogP contribution in [-0.2, 0) is 6.54 Å². The summed E-state index contributed by atoms with van der Waals surface area (Å²) in [6.45, 7) is 0.531. The third-order valence-electron chi connectivity index (χ3n) is 3.50. The lowest BCUT2D eigenvalue weighted by Gasteiger charge is -2.04. The van der Waals surface area contributed by atoms with Crippen molar-refractivity contribution in [2.45, 2.75) is 6.54 Å². The molecule has 0 aliphatic rings. The monoisotopic (exact) mass is 307 g/mol. The van der Waals surface area contributed by atoms with Gasteiger partial charge < -0.3 is 19.7 Å². The number of aromatic amines is 2. The second kappa shape index (κ2) is 5.45. The van der Waals surface area contributed by atoms with Crippen molar-refractivity contribution in [2.24, 2.45) is 0 Å². The Kier molecular flexibility index (Phi) is 3.16. The minimum Gasteiger partial charge on any atom is -0.467 e. The van der Waals surface area contributed by atoms with Crippen molar-refractivity contribution in [1.29, 1.82) is 0 Å². The van der Waals surface area contributed by atoms with Crippen molar-refractivity contribution in [1.82, 2.24) is 19.9 Å². The fourth-order valence-corrected chi connectivity index (χ4v) is 2.36. The molecule has 0 spiro atoms. The van der Waals surface area contributed by atoms with Gasteiger partial charge in [0.1, 0.15) is 5.76 Å². The van der Waals surface area contributed by atoms with Gasteiger partial charge in [0.25, 0.3) is 0 Å². The molecular weight excluding hydrogens is 294 g/mol. The van der Waals surface area contributed by atoms with Gasteiger partial charge in [-0.05, 0) is 29.8 Å². The van der Waals surface area contributed by atoms with Crippen molar-refractivity contribution in [3.63, 3.8) is 0 Å². The van der Waals surface area contributed by atoms with Crippen molar-refractivity contribution < 1.29 is 4.42 Å². The van der Waals surface area contributed by atoms with E-state index < -0.39 is 0 Å². The topological polar surface area (TPSA) is 99.6 Å². The van der Waals surface area contributed by atoms with Gasteiger partial charge in [0.15, 0.2) is 0 Å². The molecular formula is C16H13N5O2. The summed E-state index contributed by atoms with van der Waals surface area (Å²) in [6.07, 6.45) is 5.11. The van der Waals surface area contributed by atoms with E-state index in [4.69, 9.17) is 4.42 Å². The first kappa shape index (κ1) is 13.3. The molecule has 4 aromatic rings. The quantitative estimate of drug-likeness (QED) is 0.538. The molecule has 4 rings (SSSR count). The number of hydrogen-bond donors (Lipinski definition) is 3. The second-order valence-electron chi connectivity index (χ2n) is 5.07. The molecule has 114 valence electrons. The van der Waals surface area contributed by atoms with Crippen LogP contribution in [-0.4, -0.2) is 19.9 Å². The van der Waals surface area contributed by atoms with Gasteiger partial charge in [-0.2, -0.15) is 0 Å². The first-order valence-corrected chi connectivity index (χ1v) is 7.09. The van der Waals surface area contributed by atoms with E-state index in [9.17, 15) is 4.79 Å². The van der Waals surface area contributed by atoms with E-state index in [1.54, 1.807) is 18.7 Å². The molecule has 0 unspecified atom stereocenters. The molecule has 23 heavy (non-hydrogen) atoms. The number of imidazole rings is 1. The van der Waals surface area contributed by atoms with E-state index in [-0.39, 0.29) is 5.69 Å². The van der Waals surface area contributed by atoms with Crippen LogP contribution in [0, 0.1) is 0 Å². The zero-order chi connectivity index (χ0) is 15.6. The first-order chi connectivity index (χ1) is 11.3. The Bertz CT molecular complexity index is 983. The summed E-state index contributed by atoms with van der Waals surface area (Å²) in [6, 6.07) is 9.38. The number of rotatable bonds is 4. The normalized spacial score (nSPS) is 11.0. The van der Waals surface area contributed by atoms with E-state index in [2.05, 4.69) is 25.3 Å². The van der Waals surface area contributed by atoms with Crippen molar-refractivity contribution >= 4 is 17.0 Å². The Morgan fingerprint density at radius 2 is 1.87 bits per heavy atom. The van der Waals surface area contributed by atoms with E-state index in [1.807, 2.05) is 30.3 Å². The van der Waals surface area contributed by atoms with Crippen LogP contribution in [0.25, 0.3) is 22.2 Å². The Hall–Kier alpha value is -3.35. The van der Waals surface area contributed by atoms with Crippen LogP contribution in [0.2, 0.25) is 0 Å². The minimum absolute atomic E-state index is 0.217. The highest BCUT2D eigenvalue weighted by molar-refractivity contribution is 5.81. The van der Waals surface area contributed by atoms with Crippen molar-refractivity contribution in [3.8, 4) is 11.1 Å². The maximum absolute atomic E-state index is 11.3. The van der Waals surface area contributed by atoms with Gasteiger partial charge in [-0.1, -0.05) is 6.07 Å². The molecule has 0 radical (unpaired) electrons. The summed E-state index contributed by atoms with van der Waals surface area (Å²) in [4.78, 5) is 25.3. The molecule has 7 nitrogen and oxygen atoms in total. The number of anilines is 1. The van der Waals surface area contributed by atoms with E-state index in [1.165, 1.54) is 0 Å². The Morgan fingerprint density at radius 3 is 2.65 bits per heavy atom. The lowest BCUT2D eigenvalue weighted by atomic mass is 10.1. The summed E-state index contributed by atoms with van der Waals surface area (Å²) in [5.41, 5.74) is 3.12. The molecule has 0 aliphatic carbocycles. The molecule has 7 heteroatoms. The van der Waals surface area contributed by atoms with Crippen LogP contribution in [0.3, 0.4) is 0 Å². The summed E-state index contributed by atoms with van der Waals surface area (Å²) in [5, 5.41) is 3.09. The second-order valence-corrected chi connectivity index (χ2v) is 5.07. The van der Waals surface area contributed by atoms with Crippen LogP contribution >= 0.6 is 0 Å². The largest absolute Gasteiger partial charge is 0.467 e. The van der Waals surface area contributed by atoms with Crippen molar-refractivity contribution in [2.75, 3.05) is 5.32 Å². The molecule has 0 saturated heterocycles. The number of benzene rings is 1. The lowest BCUT2D eigenvalue weighted by molar-refractivity contribution is 0.517. The highest BCUT2D eigenvalue weighted by Crippen LogP contribution is 2.21. The van der Waals surface area contributed by atoms with E-state index in [0.717, 1.165) is 27.9 Å². The predicted molar refractivity (Wildman–Crippen MR) is 86.0 cm³/mol. The standard InChI is InChI=1S/C16H13N5O2/c22-16-20-13-4-3-10(6-14(13)21-16)11-7-17-15(18-8-11)19-9-12-2-1-5-23-12/h1-8H,9H2,(H,17,18,19)(H2,20,21,22). The van der Waals surface area contributed by atoms with Crippen LogP contribution in [0.1, 0.15) is 5.76 Å². The highest BCUT2D eigenvalue weighted by Gasteiger charge is 2.04. The van der Waals surface area contributed by atoms with Gasteiger partial charge >= 0.3 is 5.69 Å². The van der Waals surface area contributed by atoms with E-state index in [0.29, 0.717) is 12.5 Å². The SMILES string of the molecule is O=c1[nH]c2ccc(-c3cnc(NCc4ccco4)nc3)cc2[nH]1. The first-order valence-electron chi connectivity index (χ1n) is 7.09. The number of hydrogen-bond acceptors (Lipinski definition) is 5. The molecule has 1 aromatic carbocycles. The van der Waals surface area contributed by atoms with Crippen LogP contribution < -0.4 is 11.0 Å². The molecule has 0 amide bonds. The fourth-order valence-electron chi connectivity index (χ4n) is 2.36. The third kappa shape index (κ3) is 2.71. The van der Waals surface area contributed by atoms with Crippen LogP contribution in [0.4, 0.5) is 5.95 Å². The average molecular weight is 307 g/mol. The molecule has 0 fully saturated rings. The summed E-state index contributed by atoms with van der Waals surface area (Å²) in [7, 11) is 0. The Balaban J connectivity index is 1.55. The van der Waals surface area contributed by atoms with Crippen LogP contribution in [0.15, 0.2) is 58.2 Å². The minimum atomic E-state index is -0.217. The summed E-state index contributed by atoms with van der Waals surface area (Å²) >= 11 is 0. The predicted octanol–water partition coefficient (Wildman–Crippen LogP) is 2.52. The molecule has 0 aliphatic heterocycles. The van der Waals surface area contributed by atoms with Crippen LogP contribution in [0.5, 0.6) is 0 Å². The molecule has 0 atom stereocenters. The number of aromatic nitrogens is 4. The van der Waals surface area contributed by atoms with Gasteiger partial charge in [-0.15, -0.1) is 0 Å². The smallest absolute Gasteiger partial charge is 0.323 e. The Labute approximate surface area is 130 Å². The van der Waals surface area contributed by atoms with Gasteiger partial charge in [-0.25, -0.2) is 14.8 Å².